The third-order valence-corrected chi connectivity index (χ3v) is 4.59. The molecule has 2 aromatic rings. The quantitative estimate of drug-likeness (QED) is 0.761. The van der Waals surface area contributed by atoms with Gasteiger partial charge in [0, 0.05) is 0 Å². The molecular formula is C17H17F3O. The molecule has 1 aliphatic carbocycles. The van der Waals surface area contributed by atoms with Gasteiger partial charge in [-0.25, -0.2) is 13.2 Å². The van der Waals surface area contributed by atoms with Gasteiger partial charge in [-0.1, -0.05) is 25.8 Å². The summed E-state index contributed by atoms with van der Waals surface area (Å²) < 4.78 is 42.3. The SMILES string of the molecule is CC1CCC(c2cc3ccc(O)c(F)c3c(F)c2F)CC1. The third-order valence-electron chi connectivity index (χ3n) is 4.59. The van der Waals surface area contributed by atoms with Gasteiger partial charge in [0.15, 0.2) is 23.2 Å². The Balaban J connectivity index is 2.13. The Hall–Kier alpha value is -1.71. The summed E-state index contributed by atoms with van der Waals surface area (Å²) in [5, 5.41) is 9.13. The van der Waals surface area contributed by atoms with Crippen LogP contribution in [0.4, 0.5) is 13.2 Å². The molecule has 0 spiro atoms. The van der Waals surface area contributed by atoms with Gasteiger partial charge in [0.1, 0.15) is 0 Å². The molecule has 0 unspecified atom stereocenters. The lowest BCUT2D eigenvalue weighted by Crippen LogP contribution is -2.13. The molecule has 3 rings (SSSR count). The van der Waals surface area contributed by atoms with E-state index in [1.165, 1.54) is 18.2 Å². The Morgan fingerprint density at radius 1 is 0.952 bits per heavy atom. The van der Waals surface area contributed by atoms with Gasteiger partial charge in [0.05, 0.1) is 5.39 Å². The van der Waals surface area contributed by atoms with Crippen LogP contribution >= 0.6 is 0 Å². The molecule has 2 aromatic carbocycles. The molecule has 0 amide bonds. The highest BCUT2D eigenvalue weighted by Crippen LogP contribution is 2.39. The van der Waals surface area contributed by atoms with Crippen molar-refractivity contribution in [3.8, 4) is 5.75 Å². The zero-order chi connectivity index (χ0) is 15.1. The Kier molecular flexibility index (Phi) is 3.56. The lowest BCUT2D eigenvalue weighted by atomic mass is 9.79. The number of benzene rings is 2. The number of rotatable bonds is 1. The highest BCUT2D eigenvalue weighted by molar-refractivity contribution is 5.86. The molecule has 1 fully saturated rings. The summed E-state index contributed by atoms with van der Waals surface area (Å²) >= 11 is 0. The van der Waals surface area contributed by atoms with Crippen molar-refractivity contribution >= 4 is 10.8 Å². The molecule has 0 bridgehead atoms. The minimum Gasteiger partial charge on any atom is -0.505 e. The van der Waals surface area contributed by atoms with Crippen LogP contribution in [0.25, 0.3) is 10.8 Å². The van der Waals surface area contributed by atoms with Crippen molar-refractivity contribution in [2.75, 3.05) is 0 Å². The smallest absolute Gasteiger partial charge is 0.175 e. The molecular weight excluding hydrogens is 277 g/mol. The van der Waals surface area contributed by atoms with Crippen molar-refractivity contribution in [1.82, 2.24) is 0 Å². The molecule has 1 aliphatic rings. The zero-order valence-corrected chi connectivity index (χ0v) is 11.8. The summed E-state index contributed by atoms with van der Waals surface area (Å²) in [6, 6.07) is 4.11. The van der Waals surface area contributed by atoms with E-state index in [4.69, 9.17) is 0 Å². The van der Waals surface area contributed by atoms with Crippen LogP contribution in [0.5, 0.6) is 5.75 Å². The molecule has 1 nitrogen and oxygen atoms in total. The minimum absolute atomic E-state index is 0.0167. The van der Waals surface area contributed by atoms with Crippen LogP contribution in [0.2, 0.25) is 0 Å². The fraction of sp³-hybridized carbons (Fsp3) is 0.412. The maximum absolute atomic E-state index is 14.3. The zero-order valence-electron chi connectivity index (χ0n) is 11.8. The van der Waals surface area contributed by atoms with Crippen molar-refractivity contribution in [1.29, 1.82) is 0 Å². The highest BCUT2D eigenvalue weighted by atomic mass is 19.2. The van der Waals surface area contributed by atoms with Gasteiger partial charge in [-0.3, -0.25) is 0 Å². The maximum Gasteiger partial charge on any atom is 0.175 e. The van der Waals surface area contributed by atoms with Crippen LogP contribution in [0.15, 0.2) is 18.2 Å². The normalized spacial score (nSPS) is 22.7. The molecule has 1 N–H and O–H groups in total. The molecule has 0 heterocycles. The topological polar surface area (TPSA) is 20.2 Å². The fourth-order valence-electron chi connectivity index (χ4n) is 3.26. The molecule has 112 valence electrons. The van der Waals surface area contributed by atoms with E-state index in [9.17, 15) is 18.3 Å². The Morgan fingerprint density at radius 3 is 2.29 bits per heavy atom. The molecule has 0 radical (unpaired) electrons. The maximum atomic E-state index is 14.3. The Bertz CT molecular complexity index is 688. The number of phenols is 1. The predicted molar refractivity (Wildman–Crippen MR) is 75.9 cm³/mol. The van der Waals surface area contributed by atoms with E-state index in [1.807, 2.05) is 0 Å². The fourth-order valence-corrected chi connectivity index (χ4v) is 3.26. The first-order valence-electron chi connectivity index (χ1n) is 7.28. The summed E-state index contributed by atoms with van der Waals surface area (Å²) in [4.78, 5) is 0. The van der Waals surface area contributed by atoms with Crippen molar-refractivity contribution in [2.45, 2.75) is 38.5 Å². The molecule has 0 aromatic heterocycles. The lowest BCUT2D eigenvalue weighted by molar-refractivity contribution is 0.339. The first-order valence-corrected chi connectivity index (χ1v) is 7.28. The third kappa shape index (κ3) is 2.37. The number of phenolic OH excluding ortho intramolecular Hbond substituents is 1. The van der Waals surface area contributed by atoms with E-state index in [0.29, 0.717) is 11.5 Å². The van der Waals surface area contributed by atoms with Crippen molar-refractivity contribution in [3.63, 3.8) is 0 Å². The van der Waals surface area contributed by atoms with Crippen molar-refractivity contribution in [2.24, 2.45) is 5.92 Å². The van der Waals surface area contributed by atoms with Crippen LogP contribution in [-0.2, 0) is 0 Å². The van der Waals surface area contributed by atoms with Crippen molar-refractivity contribution < 1.29 is 18.3 Å². The predicted octanol–water partition coefficient (Wildman–Crippen LogP) is 5.26. The van der Waals surface area contributed by atoms with Gasteiger partial charge in [-0.15, -0.1) is 0 Å². The van der Waals surface area contributed by atoms with Gasteiger partial charge >= 0.3 is 0 Å². The van der Waals surface area contributed by atoms with Crippen LogP contribution in [-0.4, -0.2) is 5.11 Å². The highest BCUT2D eigenvalue weighted by Gasteiger charge is 2.26. The number of fused-ring (bicyclic) bond motifs is 1. The van der Waals surface area contributed by atoms with E-state index >= 15 is 0 Å². The number of hydrogen-bond donors (Lipinski definition) is 1. The van der Waals surface area contributed by atoms with Crippen LogP contribution in [0.1, 0.15) is 44.1 Å². The van der Waals surface area contributed by atoms with E-state index in [1.54, 1.807) is 0 Å². The summed E-state index contributed by atoms with van der Waals surface area (Å²) in [6.45, 7) is 2.16. The summed E-state index contributed by atoms with van der Waals surface area (Å²) in [5.41, 5.74) is 0.331. The Labute approximate surface area is 121 Å². The average molecular weight is 294 g/mol. The minimum atomic E-state index is -1.20. The number of aromatic hydroxyl groups is 1. The number of hydrogen-bond acceptors (Lipinski definition) is 1. The summed E-state index contributed by atoms with van der Waals surface area (Å²) in [5.74, 6) is -3.35. The van der Waals surface area contributed by atoms with Crippen molar-refractivity contribution in [3.05, 3.63) is 41.2 Å². The first kappa shape index (κ1) is 14.2. The molecule has 21 heavy (non-hydrogen) atoms. The van der Waals surface area contributed by atoms with Crippen LogP contribution in [0, 0.1) is 23.4 Å². The summed E-state index contributed by atoms with van der Waals surface area (Å²) in [7, 11) is 0. The standard InChI is InChI=1S/C17H17F3O/c1-9-2-4-10(5-3-9)12-8-11-6-7-13(21)16(19)14(11)17(20)15(12)18/h6-10,21H,2-5H2,1H3. The second kappa shape index (κ2) is 5.24. The number of halogens is 3. The van der Waals surface area contributed by atoms with Gasteiger partial charge in [-0.05, 0) is 47.8 Å². The van der Waals surface area contributed by atoms with Gasteiger partial charge in [0.2, 0.25) is 0 Å². The monoisotopic (exact) mass is 294 g/mol. The second-order valence-corrected chi connectivity index (χ2v) is 6.05. The molecule has 0 atom stereocenters. The van der Waals surface area contributed by atoms with E-state index in [0.717, 1.165) is 25.7 Å². The molecule has 4 heteroatoms. The first-order chi connectivity index (χ1) is 9.99. The Morgan fingerprint density at radius 2 is 1.62 bits per heavy atom. The second-order valence-electron chi connectivity index (χ2n) is 6.05. The molecule has 0 aliphatic heterocycles. The lowest BCUT2D eigenvalue weighted by Gasteiger charge is -2.27. The average Bonchev–Trinajstić information content (AvgIpc) is 2.47. The van der Waals surface area contributed by atoms with E-state index < -0.39 is 28.6 Å². The van der Waals surface area contributed by atoms with Gasteiger partial charge < -0.3 is 5.11 Å². The molecule has 1 saturated carbocycles. The largest absolute Gasteiger partial charge is 0.505 e. The van der Waals surface area contributed by atoms with E-state index in [2.05, 4.69) is 6.92 Å². The van der Waals surface area contributed by atoms with Gasteiger partial charge in [0.25, 0.3) is 0 Å². The van der Waals surface area contributed by atoms with E-state index in [-0.39, 0.29) is 11.3 Å². The van der Waals surface area contributed by atoms with Crippen LogP contribution < -0.4 is 0 Å². The molecule has 0 saturated heterocycles. The van der Waals surface area contributed by atoms with Gasteiger partial charge in [-0.2, -0.15) is 0 Å². The van der Waals surface area contributed by atoms with Crippen LogP contribution in [0.3, 0.4) is 0 Å². The summed E-state index contributed by atoms with van der Waals surface area (Å²) in [6.07, 6.45) is 3.63.